The van der Waals surface area contributed by atoms with Crippen molar-refractivity contribution in [3.8, 4) is 0 Å². The Morgan fingerprint density at radius 2 is 1.52 bits per heavy atom. The van der Waals surface area contributed by atoms with Gasteiger partial charge in [-0.05, 0) is 118 Å². The van der Waals surface area contributed by atoms with Crippen LogP contribution in [0, 0.1) is 35.0 Å². The van der Waals surface area contributed by atoms with E-state index in [9.17, 15) is 4.79 Å². The van der Waals surface area contributed by atoms with Gasteiger partial charge in [0, 0.05) is 5.54 Å². The second-order valence-corrected chi connectivity index (χ2v) is 12.4. The van der Waals surface area contributed by atoms with Crippen LogP contribution < -0.4 is 5.32 Å². The predicted octanol–water partition coefficient (Wildman–Crippen LogP) is 4.31. The Hall–Kier alpha value is -1.10. The molecule has 1 amide bonds. The standard InChI is InChI=1S/C23H31ClN4O/c24-20-25-13-28(27-20)23-10-17-4-18(11-23)6-21(5-17,12-23)19(29)26-22-7-14-1-15(8-22)3-16(2-14)9-22/h13-18H,1-12H2,(H,26,29)/t14?,15?,16?,17-,18-,21?,22?,23?/m0/s1. The van der Waals surface area contributed by atoms with Gasteiger partial charge in [0.1, 0.15) is 6.33 Å². The second-order valence-electron chi connectivity index (χ2n) is 12.1. The summed E-state index contributed by atoms with van der Waals surface area (Å²) >= 11 is 6.08. The summed E-state index contributed by atoms with van der Waals surface area (Å²) in [4.78, 5) is 18.2. The number of aromatic nitrogens is 3. The van der Waals surface area contributed by atoms with Crippen LogP contribution in [0.25, 0.3) is 0 Å². The Balaban J connectivity index is 1.20. The van der Waals surface area contributed by atoms with E-state index in [1.165, 1.54) is 44.9 Å². The average Bonchev–Trinajstić information content (AvgIpc) is 3.06. The Bertz CT molecular complexity index is 829. The van der Waals surface area contributed by atoms with Crippen molar-refractivity contribution in [3.63, 3.8) is 0 Å². The largest absolute Gasteiger partial charge is 0.350 e. The van der Waals surface area contributed by atoms with Crippen LogP contribution in [-0.4, -0.2) is 26.2 Å². The molecule has 5 nitrogen and oxygen atoms in total. The molecular formula is C23H31ClN4O. The van der Waals surface area contributed by atoms with Crippen LogP contribution in [0.1, 0.15) is 77.0 Å². The summed E-state index contributed by atoms with van der Waals surface area (Å²) in [6.45, 7) is 0. The first-order valence-electron chi connectivity index (χ1n) is 11.8. The number of halogens is 1. The third-order valence-corrected chi connectivity index (χ3v) is 10.1. The molecule has 156 valence electrons. The molecule has 0 unspecified atom stereocenters. The van der Waals surface area contributed by atoms with Gasteiger partial charge in [0.25, 0.3) is 0 Å². The van der Waals surface area contributed by atoms with E-state index in [0.29, 0.717) is 23.0 Å². The number of amides is 1. The molecule has 1 N–H and O–H groups in total. The number of carbonyl (C=O) groups excluding carboxylic acids is 1. The highest BCUT2D eigenvalue weighted by atomic mass is 35.5. The lowest BCUT2D eigenvalue weighted by Gasteiger charge is -2.62. The molecule has 8 fully saturated rings. The topological polar surface area (TPSA) is 59.8 Å². The van der Waals surface area contributed by atoms with Crippen molar-refractivity contribution in [2.75, 3.05) is 0 Å². The fraction of sp³-hybridized carbons (Fsp3) is 0.870. The van der Waals surface area contributed by atoms with Crippen molar-refractivity contribution in [2.45, 2.75) is 88.1 Å². The number of carbonyl (C=O) groups is 1. The van der Waals surface area contributed by atoms with Gasteiger partial charge in [-0.1, -0.05) is 0 Å². The van der Waals surface area contributed by atoms with Gasteiger partial charge in [-0.3, -0.25) is 4.79 Å². The highest BCUT2D eigenvalue weighted by Crippen LogP contribution is 2.65. The lowest BCUT2D eigenvalue weighted by atomic mass is 9.46. The molecule has 1 heterocycles. The smallest absolute Gasteiger partial charge is 0.242 e. The van der Waals surface area contributed by atoms with Crippen molar-refractivity contribution in [1.29, 1.82) is 0 Å². The molecule has 0 saturated heterocycles. The van der Waals surface area contributed by atoms with Crippen LogP contribution >= 0.6 is 11.6 Å². The number of hydrogen-bond acceptors (Lipinski definition) is 3. The highest BCUT2D eigenvalue weighted by Gasteiger charge is 2.63. The van der Waals surface area contributed by atoms with E-state index in [4.69, 9.17) is 11.6 Å². The maximum atomic E-state index is 14.0. The van der Waals surface area contributed by atoms with Gasteiger partial charge in [-0.15, -0.1) is 5.10 Å². The van der Waals surface area contributed by atoms with Crippen LogP contribution in [0.4, 0.5) is 0 Å². The highest BCUT2D eigenvalue weighted by molar-refractivity contribution is 6.28. The van der Waals surface area contributed by atoms with E-state index >= 15 is 0 Å². The molecule has 1 aromatic rings. The molecule has 29 heavy (non-hydrogen) atoms. The van der Waals surface area contributed by atoms with Gasteiger partial charge in [0.15, 0.2) is 0 Å². The normalized spacial score (nSPS) is 51.6. The summed E-state index contributed by atoms with van der Waals surface area (Å²) in [5.41, 5.74) is -0.145. The van der Waals surface area contributed by atoms with Crippen LogP contribution in [0.15, 0.2) is 6.33 Å². The Morgan fingerprint density at radius 1 is 0.931 bits per heavy atom. The van der Waals surface area contributed by atoms with Crippen LogP contribution in [0.5, 0.6) is 0 Å². The first-order chi connectivity index (χ1) is 13.9. The lowest BCUT2D eigenvalue weighted by Crippen LogP contribution is -2.66. The van der Waals surface area contributed by atoms with Gasteiger partial charge in [0.2, 0.25) is 11.2 Å². The molecule has 8 saturated carbocycles. The van der Waals surface area contributed by atoms with E-state index in [1.54, 1.807) is 6.33 Å². The van der Waals surface area contributed by atoms with Gasteiger partial charge >= 0.3 is 0 Å². The molecule has 8 aliphatic rings. The number of hydrogen-bond donors (Lipinski definition) is 1. The summed E-state index contributed by atoms with van der Waals surface area (Å²) in [7, 11) is 0. The molecule has 0 spiro atoms. The number of nitrogens with zero attached hydrogens (tertiary/aromatic N) is 3. The van der Waals surface area contributed by atoms with E-state index in [1.807, 2.05) is 4.68 Å². The minimum absolute atomic E-state index is 0.0525. The maximum absolute atomic E-state index is 14.0. The first kappa shape index (κ1) is 17.6. The second kappa shape index (κ2) is 5.57. The van der Waals surface area contributed by atoms with E-state index in [0.717, 1.165) is 49.9 Å². The van der Waals surface area contributed by atoms with Gasteiger partial charge < -0.3 is 5.32 Å². The molecule has 6 heteroatoms. The maximum Gasteiger partial charge on any atom is 0.242 e. The Morgan fingerprint density at radius 3 is 2.07 bits per heavy atom. The molecular weight excluding hydrogens is 384 g/mol. The van der Waals surface area contributed by atoms with Crippen LogP contribution in [0.3, 0.4) is 0 Å². The summed E-state index contributed by atoms with van der Waals surface area (Å²) in [5.74, 6) is 4.25. The third kappa shape index (κ3) is 2.49. The zero-order valence-corrected chi connectivity index (χ0v) is 17.8. The SMILES string of the molecule is O=C(NC12CC3CC(CC(C3)C1)C2)C12C[C@@H]3C[C@@H](C1)CC(n1cnc(Cl)n1)(C3)C2. The molecule has 0 aromatic carbocycles. The average molecular weight is 415 g/mol. The van der Waals surface area contributed by atoms with Gasteiger partial charge in [-0.25, -0.2) is 9.67 Å². The zero-order valence-electron chi connectivity index (χ0n) is 17.1. The molecule has 8 bridgehead atoms. The summed E-state index contributed by atoms with van der Waals surface area (Å²) in [6.07, 6.45) is 16.4. The monoisotopic (exact) mass is 414 g/mol. The zero-order chi connectivity index (χ0) is 19.4. The fourth-order valence-electron chi connectivity index (χ4n) is 9.86. The lowest BCUT2D eigenvalue weighted by molar-refractivity contribution is -0.161. The van der Waals surface area contributed by atoms with E-state index in [2.05, 4.69) is 15.4 Å². The Labute approximate surface area is 177 Å². The number of nitrogens with one attached hydrogen (secondary N) is 1. The summed E-state index contributed by atoms with van der Waals surface area (Å²) < 4.78 is 2.03. The quantitative estimate of drug-likeness (QED) is 0.801. The summed E-state index contributed by atoms with van der Waals surface area (Å²) in [6, 6.07) is 0. The predicted molar refractivity (Wildman–Crippen MR) is 109 cm³/mol. The van der Waals surface area contributed by atoms with Crippen LogP contribution in [-0.2, 0) is 10.3 Å². The van der Waals surface area contributed by atoms with E-state index in [-0.39, 0.29) is 16.5 Å². The van der Waals surface area contributed by atoms with E-state index < -0.39 is 0 Å². The van der Waals surface area contributed by atoms with Crippen molar-refractivity contribution in [3.05, 3.63) is 11.6 Å². The van der Waals surface area contributed by atoms with Gasteiger partial charge in [0.05, 0.1) is 11.0 Å². The van der Waals surface area contributed by atoms with Gasteiger partial charge in [-0.2, -0.15) is 0 Å². The van der Waals surface area contributed by atoms with Crippen molar-refractivity contribution >= 4 is 17.5 Å². The molecule has 0 aliphatic heterocycles. The fourth-order valence-corrected chi connectivity index (χ4v) is 9.98. The third-order valence-electron chi connectivity index (χ3n) is 9.88. The minimum atomic E-state index is -0.203. The molecule has 8 aliphatic carbocycles. The Kier molecular flexibility index (Phi) is 3.38. The first-order valence-corrected chi connectivity index (χ1v) is 12.2. The molecule has 1 aromatic heterocycles. The van der Waals surface area contributed by atoms with Crippen LogP contribution in [0.2, 0.25) is 5.28 Å². The molecule has 0 radical (unpaired) electrons. The summed E-state index contributed by atoms with van der Waals surface area (Å²) in [5, 5.41) is 8.58. The number of rotatable bonds is 3. The minimum Gasteiger partial charge on any atom is -0.350 e. The van der Waals surface area contributed by atoms with Crippen molar-refractivity contribution in [2.24, 2.45) is 35.0 Å². The molecule has 9 rings (SSSR count). The molecule has 2 atom stereocenters. The van der Waals surface area contributed by atoms with Crippen molar-refractivity contribution in [1.82, 2.24) is 20.1 Å². The van der Waals surface area contributed by atoms with Crippen molar-refractivity contribution < 1.29 is 4.79 Å².